The summed E-state index contributed by atoms with van der Waals surface area (Å²) in [5, 5.41) is 13.1. The van der Waals surface area contributed by atoms with Crippen molar-refractivity contribution in [2.45, 2.75) is 6.54 Å². The van der Waals surface area contributed by atoms with Crippen LogP contribution in [-0.4, -0.2) is 32.7 Å². The van der Waals surface area contributed by atoms with Crippen LogP contribution in [0, 0.1) is 5.82 Å². The Balaban J connectivity index is 2.14. The van der Waals surface area contributed by atoms with Gasteiger partial charge in [0.25, 0.3) is 5.91 Å². The molecule has 1 aromatic carbocycles. The van der Waals surface area contributed by atoms with Crippen LogP contribution in [-0.2, 0) is 13.6 Å². The molecule has 19 heavy (non-hydrogen) atoms. The minimum Gasteiger partial charge on any atom is -0.508 e. The van der Waals surface area contributed by atoms with Crippen molar-refractivity contribution < 1.29 is 14.3 Å². The van der Waals surface area contributed by atoms with Gasteiger partial charge in [-0.25, -0.2) is 4.39 Å². The highest BCUT2D eigenvalue weighted by atomic mass is 19.1. The molecular formula is C13H14FN3O2. The first-order chi connectivity index (χ1) is 8.97. The van der Waals surface area contributed by atoms with E-state index in [-0.39, 0.29) is 11.3 Å². The Morgan fingerprint density at radius 3 is 2.84 bits per heavy atom. The van der Waals surface area contributed by atoms with Crippen LogP contribution >= 0.6 is 0 Å². The predicted molar refractivity (Wildman–Crippen MR) is 67.1 cm³/mol. The monoisotopic (exact) mass is 263 g/mol. The Morgan fingerprint density at radius 1 is 1.53 bits per heavy atom. The van der Waals surface area contributed by atoms with Crippen molar-refractivity contribution in [3.63, 3.8) is 0 Å². The molecule has 0 spiro atoms. The molecule has 0 fully saturated rings. The van der Waals surface area contributed by atoms with E-state index in [0.717, 1.165) is 11.6 Å². The quantitative estimate of drug-likeness (QED) is 0.913. The highest BCUT2D eigenvalue weighted by Crippen LogP contribution is 2.17. The molecule has 100 valence electrons. The van der Waals surface area contributed by atoms with Crippen LogP contribution in [0.2, 0.25) is 0 Å². The molecule has 1 N–H and O–H groups in total. The second kappa shape index (κ2) is 5.09. The van der Waals surface area contributed by atoms with Crippen LogP contribution in [0.5, 0.6) is 5.75 Å². The van der Waals surface area contributed by atoms with Gasteiger partial charge in [0.1, 0.15) is 11.6 Å². The number of halogens is 1. The van der Waals surface area contributed by atoms with Crippen molar-refractivity contribution in [3.8, 4) is 5.75 Å². The van der Waals surface area contributed by atoms with Crippen molar-refractivity contribution in [2.24, 2.45) is 7.05 Å². The van der Waals surface area contributed by atoms with E-state index in [0.29, 0.717) is 6.54 Å². The van der Waals surface area contributed by atoms with Gasteiger partial charge < -0.3 is 10.0 Å². The Morgan fingerprint density at radius 2 is 2.26 bits per heavy atom. The van der Waals surface area contributed by atoms with Crippen LogP contribution in [0.15, 0.2) is 30.6 Å². The highest BCUT2D eigenvalue weighted by Gasteiger charge is 2.17. The number of nitrogens with zero attached hydrogens (tertiary/aromatic N) is 3. The number of carbonyl (C=O) groups is 1. The second-order valence-electron chi connectivity index (χ2n) is 4.35. The smallest absolute Gasteiger partial charge is 0.256 e. The van der Waals surface area contributed by atoms with Crippen molar-refractivity contribution in [3.05, 3.63) is 47.5 Å². The standard InChI is InChI=1S/C13H14FN3O2/c1-16(7-9-6-15-17(2)8-9)13(19)11-4-3-10(18)5-12(11)14/h3-6,8,18H,7H2,1-2H3. The average molecular weight is 263 g/mol. The lowest BCUT2D eigenvalue weighted by Gasteiger charge is -2.16. The van der Waals surface area contributed by atoms with Crippen molar-refractivity contribution in [2.75, 3.05) is 7.05 Å². The Labute approximate surface area is 109 Å². The highest BCUT2D eigenvalue weighted by molar-refractivity contribution is 5.94. The molecule has 0 aliphatic carbocycles. The molecule has 0 saturated carbocycles. The van der Waals surface area contributed by atoms with Crippen LogP contribution in [0.1, 0.15) is 15.9 Å². The topological polar surface area (TPSA) is 58.4 Å². The Hall–Kier alpha value is -2.37. The SMILES string of the molecule is CN(Cc1cnn(C)c1)C(=O)c1ccc(O)cc1F. The molecule has 6 heteroatoms. The van der Waals surface area contributed by atoms with E-state index in [1.165, 1.54) is 17.0 Å². The molecule has 0 atom stereocenters. The number of aryl methyl sites for hydroxylation is 1. The van der Waals surface area contributed by atoms with E-state index < -0.39 is 11.7 Å². The fourth-order valence-corrected chi connectivity index (χ4v) is 1.78. The summed E-state index contributed by atoms with van der Waals surface area (Å²) < 4.78 is 15.2. The average Bonchev–Trinajstić information content (AvgIpc) is 2.74. The number of benzene rings is 1. The summed E-state index contributed by atoms with van der Waals surface area (Å²) in [6, 6.07) is 3.48. The normalized spacial score (nSPS) is 10.5. The molecule has 0 aliphatic heterocycles. The summed E-state index contributed by atoms with van der Waals surface area (Å²) in [6.07, 6.45) is 3.44. The molecule has 1 amide bonds. The minimum absolute atomic E-state index is 0.0656. The maximum absolute atomic E-state index is 13.6. The van der Waals surface area contributed by atoms with E-state index in [2.05, 4.69) is 5.10 Å². The molecule has 2 aromatic rings. The molecular weight excluding hydrogens is 249 g/mol. The van der Waals surface area contributed by atoms with Gasteiger partial charge in [-0.1, -0.05) is 0 Å². The van der Waals surface area contributed by atoms with Gasteiger partial charge in [0.2, 0.25) is 0 Å². The molecule has 5 nitrogen and oxygen atoms in total. The first-order valence-corrected chi connectivity index (χ1v) is 5.69. The first-order valence-electron chi connectivity index (χ1n) is 5.69. The van der Waals surface area contributed by atoms with Gasteiger partial charge in [0, 0.05) is 38.5 Å². The van der Waals surface area contributed by atoms with Crippen LogP contribution < -0.4 is 0 Å². The summed E-state index contributed by atoms with van der Waals surface area (Å²) in [6.45, 7) is 0.340. The molecule has 0 saturated heterocycles. The van der Waals surface area contributed by atoms with Crippen LogP contribution in [0.4, 0.5) is 4.39 Å². The van der Waals surface area contributed by atoms with Gasteiger partial charge in [-0.3, -0.25) is 9.48 Å². The van der Waals surface area contributed by atoms with Crippen LogP contribution in [0.25, 0.3) is 0 Å². The maximum Gasteiger partial charge on any atom is 0.256 e. The molecule has 0 bridgehead atoms. The fraction of sp³-hybridized carbons (Fsp3) is 0.231. The lowest BCUT2D eigenvalue weighted by molar-refractivity contribution is 0.0780. The van der Waals surface area contributed by atoms with Gasteiger partial charge in [-0.05, 0) is 12.1 Å². The van der Waals surface area contributed by atoms with E-state index in [9.17, 15) is 9.18 Å². The zero-order valence-corrected chi connectivity index (χ0v) is 10.7. The number of hydrogen-bond donors (Lipinski definition) is 1. The minimum atomic E-state index is -0.733. The number of rotatable bonds is 3. The summed E-state index contributed by atoms with van der Waals surface area (Å²) in [4.78, 5) is 13.5. The number of aromatic hydroxyl groups is 1. The first kappa shape index (κ1) is 13.1. The van der Waals surface area contributed by atoms with E-state index in [4.69, 9.17) is 5.11 Å². The lowest BCUT2D eigenvalue weighted by atomic mass is 10.1. The van der Waals surface area contributed by atoms with Crippen molar-refractivity contribution >= 4 is 5.91 Å². The van der Waals surface area contributed by atoms with Crippen LogP contribution in [0.3, 0.4) is 0 Å². The number of phenols is 1. The molecule has 1 heterocycles. The maximum atomic E-state index is 13.6. The Bertz CT molecular complexity index is 610. The largest absolute Gasteiger partial charge is 0.508 e. The van der Waals surface area contributed by atoms with E-state index in [1.54, 1.807) is 31.2 Å². The number of carbonyl (C=O) groups excluding carboxylic acids is 1. The summed E-state index contributed by atoms with van der Waals surface area (Å²) in [5.74, 6) is -1.38. The summed E-state index contributed by atoms with van der Waals surface area (Å²) in [7, 11) is 3.37. The van der Waals surface area contributed by atoms with Gasteiger partial charge in [-0.2, -0.15) is 5.10 Å². The fourth-order valence-electron chi connectivity index (χ4n) is 1.78. The molecule has 1 aromatic heterocycles. The molecule has 0 unspecified atom stereocenters. The predicted octanol–water partition coefficient (Wildman–Crippen LogP) is 1.54. The third-order valence-electron chi connectivity index (χ3n) is 2.71. The number of phenolic OH excluding ortho intramolecular Hbond substituents is 1. The molecule has 0 radical (unpaired) electrons. The third-order valence-corrected chi connectivity index (χ3v) is 2.71. The lowest BCUT2D eigenvalue weighted by Crippen LogP contribution is -2.26. The second-order valence-corrected chi connectivity index (χ2v) is 4.35. The number of amides is 1. The Kier molecular flexibility index (Phi) is 3.50. The molecule has 0 aliphatic rings. The van der Waals surface area contributed by atoms with Gasteiger partial charge in [-0.15, -0.1) is 0 Å². The number of aromatic nitrogens is 2. The van der Waals surface area contributed by atoms with E-state index in [1.807, 2.05) is 0 Å². The molecule has 2 rings (SSSR count). The van der Waals surface area contributed by atoms with Gasteiger partial charge in [0.05, 0.1) is 11.8 Å². The van der Waals surface area contributed by atoms with Gasteiger partial charge >= 0.3 is 0 Å². The van der Waals surface area contributed by atoms with Crippen molar-refractivity contribution in [1.29, 1.82) is 0 Å². The summed E-state index contributed by atoms with van der Waals surface area (Å²) in [5.41, 5.74) is 0.793. The number of hydrogen-bond acceptors (Lipinski definition) is 3. The van der Waals surface area contributed by atoms with Gasteiger partial charge in [0.15, 0.2) is 0 Å². The summed E-state index contributed by atoms with van der Waals surface area (Å²) >= 11 is 0. The van der Waals surface area contributed by atoms with E-state index >= 15 is 0 Å². The van der Waals surface area contributed by atoms with Crippen molar-refractivity contribution in [1.82, 2.24) is 14.7 Å². The third kappa shape index (κ3) is 2.90. The zero-order valence-electron chi connectivity index (χ0n) is 10.7. The zero-order chi connectivity index (χ0) is 14.0.